The van der Waals surface area contributed by atoms with Crippen LogP contribution < -0.4 is 5.73 Å². The van der Waals surface area contributed by atoms with Gasteiger partial charge < -0.3 is 10.6 Å². The Morgan fingerprint density at radius 3 is 2.53 bits per heavy atom. The first kappa shape index (κ1) is 18.2. The van der Waals surface area contributed by atoms with Crippen LogP contribution in [0.25, 0.3) is 0 Å². The molecule has 0 aliphatic rings. The van der Waals surface area contributed by atoms with Crippen molar-refractivity contribution in [2.75, 3.05) is 25.9 Å². The molecule has 0 fully saturated rings. The van der Waals surface area contributed by atoms with E-state index in [9.17, 15) is 4.79 Å². The van der Waals surface area contributed by atoms with Crippen LogP contribution in [0.2, 0.25) is 0 Å². The molecule has 1 heterocycles. The van der Waals surface area contributed by atoms with E-state index in [0.717, 1.165) is 4.90 Å². The van der Waals surface area contributed by atoms with Crippen molar-refractivity contribution in [2.24, 2.45) is 11.1 Å². The van der Waals surface area contributed by atoms with Gasteiger partial charge in [-0.1, -0.05) is 13.8 Å². The third kappa shape index (κ3) is 6.80. The van der Waals surface area contributed by atoms with Gasteiger partial charge in [-0.15, -0.1) is 24.2 Å². The van der Waals surface area contributed by atoms with Gasteiger partial charge in [0.15, 0.2) is 0 Å². The van der Waals surface area contributed by atoms with Gasteiger partial charge in [0.25, 0.3) is 0 Å². The summed E-state index contributed by atoms with van der Waals surface area (Å²) in [5.74, 6) is 0.569. The molecule has 0 unspecified atom stereocenters. The average molecular weight is 304 g/mol. The van der Waals surface area contributed by atoms with Crippen LogP contribution >= 0.6 is 24.2 Å². The molecule has 0 bridgehead atoms. The van der Waals surface area contributed by atoms with Crippen LogP contribution in [-0.4, -0.2) is 41.7 Å². The van der Waals surface area contributed by atoms with E-state index >= 15 is 0 Å². The summed E-state index contributed by atoms with van der Waals surface area (Å²) in [6.07, 6.45) is 3.46. The molecule has 0 atom stereocenters. The molecule has 0 aromatic carbocycles. The van der Waals surface area contributed by atoms with E-state index in [1.807, 2.05) is 19.2 Å². The maximum atomic E-state index is 12.0. The second kappa shape index (κ2) is 8.40. The summed E-state index contributed by atoms with van der Waals surface area (Å²) in [4.78, 5) is 18.7. The number of thioether (sulfide) groups is 1. The summed E-state index contributed by atoms with van der Waals surface area (Å²) in [5, 5.41) is 0. The standard InChI is InChI=1S/C13H21N3OS.ClH/c1-13(2,9-14)10-16(3)12(17)8-18-11-4-6-15-7-5-11;/h4-7H,8-10,14H2,1-3H3;1H. The molecule has 0 radical (unpaired) electrons. The molecule has 2 N–H and O–H groups in total. The number of halogens is 1. The molecule has 0 saturated carbocycles. The number of amides is 1. The molecule has 0 aliphatic carbocycles. The number of carbonyl (C=O) groups is 1. The molecule has 1 aromatic rings. The highest BCUT2D eigenvalue weighted by Gasteiger charge is 2.20. The van der Waals surface area contributed by atoms with Crippen LogP contribution in [0.15, 0.2) is 29.4 Å². The predicted octanol–water partition coefficient (Wildman–Crippen LogP) is 2.04. The zero-order valence-corrected chi connectivity index (χ0v) is 13.3. The van der Waals surface area contributed by atoms with E-state index in [1.165, 1.54) is 11.8 Å². The molecule has 0 aliphatic heterocycles. The quantitative estimate of drug-likeness (QED) is 0.817. The average Bonchev–Trinajstić information content (AvgIpc) is 2.36. The first-order valence-electron chi connectivity index (χ1n) is 5.91. The van der Waals surface area contributed by atoms with Gasteiger partial charge in [-0.25, -0.2) is 0 Å². The minimum absolute atomic E-state index is 0. The van der Waals surface area contributed by atoms with Crippen LogP contribution in [0.5, 0.6) is 0 Å². The second-order valence-corrected chi connectivity index (χ2v) is 6.14. The van der Waals surface area contributed by atoms with Crippen molar-refractivity contribution in [2.45, 2.75) is 18.7 Å². The molecule has 19 heavy (non-hydrogen) atoms. The van der Waals surface area contributed by atoms with Crippen molar-refractivity contribution in [1.82, 2.24) is 9.88 Å². The molecule has 108 valence electrons. The first-order chi connectivity index (χ1) is 8.44. The van der Waals surface area contributed by atoms with Gasteiger partial charge >= 0.3 is 0 Å². The molecule has 4 nitrogen and oxygen atoms in total. The maximum absolute atomic E-state index is 12.0. The maximum Gasteiger partial charge on any atom is 0.232 e. The van der Waals surface area contributed by atoms with Gasteiger partial charge in [0.05, 0.1) is 5.75 Å². The fraction of sp³-hybridized carbons (Fsp3) is 0.538. The van der Waals surface area contributed by atoms with E-state index in [4.69, 9.17) is 5.73 Å². The number of carbonyl (C=O) groups excluding carboxylic acids is 1. The molecule has 1 rings (SSSR count). The van der Waals surface area contributed by atoms with Crippen molar-refractivity contribution < 1.29 is 4.79 Å². The summed E-state index contributed by atoms with van der Waals surface area (Å²) in [6, 6.07) is 3.81. The number of pyridine rings is 1. The Labute approximate surface area is 125 Å². The van der Waals surface area contributed by atoms with Crippen LogP contribution in [0.4, 0.5) is 0 Å². The fourth-order valence-electron chi connectivity index (χ4n) is 1.48. The summed E-state index contributed by atoms with van der Waals surface area (Å²) in [6.45, 7) is 5.38. The highest BCUT2D eigenvalue weighted by atomic mass is 35.5. The number of aromatic nitrogens is 1. The zero-order chi connectivity index (χ0) is 13.6. The van der Waals surface area contributed by atoms with Gasteiger partial charge in [0, 0.05) is 30.9 Å². The van der Waals surface area contributed by atoms with Crippen molar-refractivity contribution in [3.63, 3.8) is 0 Å². The molecule has 0 spiro atoms. The molecule has 1 amide bonds. The minimum atomic E-state index is -0.0360. The largest absolute Gasteiger partial charge is 0.344 e. The van der Waals surface area contributed by atoms with Gasteiger partial charge in [-0.05, 0) is 24.1 Å². The Hall–Kier alpha value is -0.780. The van der Waals surface area contributed by atoms with Gasteiger partial charge in [0.2, 0.25) is 5.91 Å². The SMILES string of the molecule is CN(CC(C)(C)CN)C(=O)CSc1ccncc1.Cl. The number of hydrogen-bond acceptors (Lipinski definition) is 4. The summed E-state index contributed by atoms with van der Waals surface area (Å²) >= 11 is 1.53. The molecular formula is C13H22ClN3OS. The first-order valence-corrected chi connectivity index (χ1v) is 6.90. The van der Waals surface area contributed by atoms with Crippen LogP contribution in [-0.2, 0) is 4.79 Å². The fourth-order valence-corrected chi connectivity index (χ4v) is 2.31. The minimum Gasteiger partial charge on any atom is -0.344 e. The Kier molecular flexibility index (Phi) is 8.06. The Balaban J connectivity index is 0.00000324. The third-order valence-electron chi connectivity index (χ3n) is 2.66. The Morgan fingerprint density at radius 1 is 1.42 bits per heavy atom. The normalized spacial score (nSPS) is 10.7. The van der Waals surface area contributed by atoms with Crippen LogP contribution in [0.1, 0.15) is 13.8 Å². The number of nitrogens with two attached hydrogens (primary N) is 1. The van der Waals surface area contributed by atoms with Gasteiger partial charge in [-0.3, -0.25) is 9.78 Å². The zero-order valence-electron chi connectivity index (χ0n) is 11.6. The van der Waals surface area contributed by atoms with Crippen LogP contribution in [0.3, 0.4) is 0 Å². The summed E-state index contributed by atoms with van der Waals surface area (Å²) in [5.41, 5.74) is 5.63. The van der Waals surface area contributed by atoms with Crippen molar-refractivity contribution in [3.8, 4) is 0 Å². The lowest BCUT2D eigenvalue weighted by Gasteiger charge is -2.29. The van der Waals surface area contributed by atoms with E-state index in [2.05, 4.69) is 18.8 Å². The topological polar surface area (TPSA) is 59.2 Å². The lowest BCUT2D eigenvalue weighted by molar-refractivity contribution is -0.128. The molecule has 6 heteroatoms. The lowest BCUT2D eigenvalue weighted by atomic mass is 9.93. The van der Waals surface area contributed by atoms with E-state index in [1.54, 1.807) is 17.3 Å². The Bertz CT molecular complexity index is 387. The predicted molar refractivity (Wildman–Crippen MR) is 82.7 cm³/mol. The van der Waals surface area contributed by atoms with Crippen molar-refractivity contribution in [1.29, 1.82) is 0 Å². The molecule has 1 aromatic heterocycles. The lowest BCUT2D eigenvalue weighted by Crippen LogP contribution is -2.40. The third-order valence-corrected chi connectivity index (χ3v) is 3.65. The van der Waals surface area contributed by atoms with E-state index in [-0.39, 0.29) is 23.7 Å². The van der Waals surface area contributed by atoms with E-state index in [0.29, 0.717) is 18.8 Å². The van der Waals surface area contributed by atoms with E-state index < -0.39 is 0 Å². The summed E-state index contributed by atoms with van der Waals surface area (Å²) in [7, 11) is 1.83. The molecular weight excluding hydrogens is 282 g/mol. The van der Waals surface area contributed by atoms with Crippen molar-refractivity contribution >= 4 is 30.1 Å². The monoisotopic (exact) mass is 303 g/mol. The Morgan fingerprint density at radius 2 is 2.00 bits per heavy atom. The highest BCUT2D eigenvalue weighted by Crippen LogP contribution is 2.18. The van der Waals surface area contributed by atoms with Gasteiger partial charge in [0.1, 0.15) is 0 Å². The number of rotatable bonds is 6. The second-order valence-electron chi connectivity index (χ2n) is 5.09. The molecule has 0 saturated heterocycles. The van der Waals surface area contributed by atoms with Gasteiger partial charge in [-0.2, -0.15) is 0 Å². The number of hydrogen-bond donors (Lipinski definition) is 1. The highest BCUT2D eigenvalue weighted by molar-refractivity contribution is 8.00. The van der Waals surface area contributed by atoms with Crippen LogP contribution in [0, 0.1) is 5.41 Å². The smallest absolute Gasteiger partial charge is 0.232 e. The summed E-state index contributed by atoms with van der Waals surface area (Å²) < 4.78 is 0. The number of nitrogens with zero attached hydrogens (tertiary/aromatic N) is 2. The van der Waals surface area contributed by atoms with Crippen molar-refractivity contribution in [3.05, 3.63) is 24.5 Å².